The first kappa shape index (κ1) is 16.5. The second-order valence-electron chi connectivity index (χ2n) is 4.69. The highest BCUT2D eigenvalue weighted by Gasteiger charge is 2.18. The summed E-state index contributed by atoms with van der Waals surface area (Å²) in [6, 6.07) is 12.9. The Morgan fingerprint density at radius 1 is 1.22 bits per heavy atom. The molecule has 0 aliphatic rings. The van der Waals surface area contributed by atoms with Crippen LogP contribution in [0.1, 0.15) is 5.69 Å². The van der Waals surface area contributed by atoms with E-state index in [9.17, 15) is 4.79 Å². The van der Waals surface area contributed by atoms with Crippen molar-refractivity contribution < 1.29 is 0 Å². The molecule has 0 saturated heterocycles. The van der Waals surface area contributed by atoms with Gasteiger partial charge in [0.05, 0.1) is 11.4 Å². The van der Waals surface area contributed by atoms with Crippen LogP contribution in [-0.2, 0) is 7.05 Å². The fraction of sp³-hybridized carbons (Fsp3) is 0.188. The number of nitrogens with one attached hydrogen (secondary N) is 1. The van der Waals surface area contributed by atoms with E-state index in [2.05, 4.69) is 5.32 Å². The Bertz CT molecular complexity index is 878. The van der Waals surface area contributed by atoms with E-state index >= 15 is 0 Å². The van der Waals surface area contributed by atoms with Gasteiger partial charge in [-0.2, -0.15) is 10.5 Å². The maximum Gasteiger partial charge on any atom is 0.295 e. The maximum atomic E-state index is 12.7. The lowest BCUT2D eigenvalue weighted by Crippen LogP contribution is -2.20. The molecule has 0 saturated carbocycles. The van der Waals surface area contributed by atoms with Crippen LogP contribution in [-0.4, -0.2) is 15.6 Å². The van der Waals surface area contributed by atoms with Crippen molar-refractivity contribution in [2.75, 3.05) is 11.6 Å². The van der Waals surface area contributed by atoms with E-state index in [0.29, 0.717) is 16.4 Å². The van der Waals surface area contributed by atoms with Crippen LogP contribution in [0.25, 0.3) is 5.69 Å². The Balaban J connectivity index is 2.60. The van der Waals surface area contributed by atoms with Crippen LogP contribution in [0.3, 0.4) is 0 Å². The molecule has 0 atom stereocenters. The van der Waals surface area contributed by atoms with E-state index in [1.807, 2.05) is 42.5 Å². The SMILES string of the molecule is CSC(Nc1c(C)n(C)n(-c2ccccc2)c1=O)=C(C#N)C#N. The average molecular weight is 325 g/mol. The van der Waals surface area contributed by atoms with Crippen LogP contribution >= 0.6 is 11.8 Å². The fourth-order valence-electron chi connectivity index (χ4n) is 2.17. The molecule has 0 bridgehead atoms. The van der Waals surface area contributed by atoms with Crippen LogP contribution in [0.5, 0.6) is 0 Å². The van der Waals surface area contributed by atoms with E-state index in [1.54, 1.807) is 24.9 Å². The zero-order chi connectivity index (χ0) is 17.0. The molecule has 0 amide bonds. The van der Waals surface area contributed by atoms with E-state index in [4.69, 9.17) is 10.5 Å². The molecule has 0 fully saturated rings. The number of aromatic nitrogens is 2. The second kappa shape index (κ2) is 6.91. The summed E-state index contributed by atoms with van der Waals surface area (Å²) in [5.41, 5.74) is 1.51. The first-order valence-electron chi connectivity index (χ1n) is 6.74. The van der Waals surface area contributed by atoms with Crippen LogP contribution in [0, 0.1) is 29.6 Å². The van der Waals surface area contributed by atoms with Gasteiger partial charge in [0, 0.05) is 7.05 Å². The van der Waals surface area contributed by atoms with Gasteiger partial charge in [-0.3, -0.25) is 9.48 Å². The molecule has 0 radical (unpaired) electrons. The van der Waals surface area contributed by atoms with Crippen LogP contribution in [0.2, 0.25) is 0 Å². The van der Waals surface area contributed by atoms with Crippen LogP contribution in [0.4, 0.5) is 5.69 Å². The summed E-state index contributed by atoms with van der Waals surface area (Å²) in [7, 11) is 1.78. The quantitative estimate of drug-likeness (QED) is 0.873. The minimum absolute atomic E-state index is 0.0496. The molecule has 0 unspecified atom stereocenters. The standard InChI is InChI=1S/C16H15N5OS/c1-11-14(19-15(23-3)12(9-17)10-18)16(22)21(20(11)2)13-7-5-4-6-8-13/h4-8,19H,1-3H3. The van der Waals surface area contributed by atoms with Gasteiger partial charge in [-0.15, -0.1) is 11.8 Å². The predicted octanol–water partition coefficient (Wildman–Crippen LogP) is 2.52. The van der Waals surface area contributed by atoms with E-state index in [0.717, 1.165) is 5.69 Å². The molecular weight excluding hydrogens is 310 g/mol. The van der Waals surface area contributed by atoms with Crippen molar-refractivity contribution in [3.05, 3.63) is 57.0 Å². The average Bonchev–Trinajstić information content (AvgIpc) is 2.78. The molecular formula is C16H15N5OS. The summed E-state index contributed by atoms with van der Waals surface area (Å²) >= 11 is 1.22. The van der Waals surface area contributed by atoms with Gasteiger partial charge in [0.25, 0.3) is 5.56 Å². The number of nitrogens with zero attached hydrogens (tertiary/aromatic N) is 4. The predicted molar refractivity (Wildman–Crippen MR) is 91.1 cm³/mol. The Hall–Kier alpha value is -2.90. The zero-order valence-corrected chi connectivity index (χ0v) is 13.8. The summed E-state index contributed by atoms with van der Waals surface area (Å²) in [6.45, 7) is 1.81. The fourth-order valence-corrected chi connectivity index (χ4v) is 2.67. The maximum absolute atomic E-state index is 12.7. The summed E-state index contributed by atoms with van der Waals surface area (Å²) in [4.78, 5) is 12.7. The van der Waals surface area contributed by atoms with Crippen molar-refractivity contribution in [2.24, 2.45) is 7.05 Å². The summed E-state index contributed by atoms with van der Waals surface area (Å²) in [6.07, 6.45) is 1.74. The Kier molecular flexibility index (Phi) is 4.95. The van der Waals surface area contributed by atoms with Crippen molar-refractivity contribution >= 4 is 17.4 Å². The van der Waals surface area contributed by atoms with Crippen molar-refractivity contribution in [3.63, 3.8) is 0 Å². The minimum atomic E-state index is -0.238. The van der Waals surface area contributed by atoms with Crippen LogP contribution < -0.4 is 10.9 Å². The molecule has 2 rings (SSSR count). The van der Waals surface area contributed by atoms with Crippen molar-refractivity contribution in [3.8, 4) is 17.8 Å². The van der Waals surface area contributed by atoms with Crippen molar-refractivity contribution in [1.29, 1.82) is 10.5 Å². The van der Waals surface area contributed by atoms with Gasteiger partial charge < -0.3 is 5.32 Å². The van der Waals surface area contributed by atoms with Gasteiger partial charge in [0.1, 0.15) is 22.9 Å². The third-order valence-corrected chi connectivity index (χ3v) is 4.16. The zero-order valence-electron chi connectivity index (χ0n) is 13.0. The summed E-state index contributed by atoms with van der Waals surface area (Å²) < 4.78 is 3.27. The van der Waals surface area contributed by atoms with E-state index < -0.39 is 0 Å². The van der Waals surface area contributed by atoms with Crippen molar-refractivity contribution in [2.45, 2.75) is 6.92 Å². The van der Waals surface area contributed by atoms with Crippen molar-refractivity contribution in [1.82, 2.24) is 9.36 Å². The lowest BCUT2D eigenvalue weighted by Gasteiger charge is -2.07. The number of rotatable bonds is 4. The number of benzene rings is 1. The molecule has 7 heteroatoms. The number of para-hydroxylation sites is 1. The molecule has 1 heterocycles. The van der Waals surface area contributed by atoms with Gasteiger partial charge in [-0.25, -0.2) is 4.68 Å². The Morgan fingerprint density at radius 2 is 1.83 bits per heavy atom. The minimum Gasteiger partial charge on any atom is -0.343 e. The molecule has 116 valence electrons. The number of anilines is 1. The third-order valence-electron chi connectivity index (χ3n) is 3.45. The highest BCUT2D eigenvalue weighted by molar-refractivity contribution is 8.02. The smallest absolute Gasteiger partial charge is 0.295 e. The molecule has 0 aliphatic carbocycles. The molecule has 1 N–H and O–H groups in total. The van der Waals surface area contributed by atoms with Gasteiger partial charge in [-0.1, -0.05) is 18.2 Å². The molecule has 1 aromatic carbocycles. The molecule has 1 aromatic heterocycles. The number of hydrogen-bond acceptors (Lipinski definition) is 5. The highest BCUT2D eigenvalue weighted by atomic mass is 32.2. The van der Waals surface area contributed by atoms with Gasteiger partial charge >= 0.3 is 0 Å². The van der Waals surface area contributed by atoms with Crippen LogP contribution in [0.15, 0.2) is 45.7 Å². The number of thioether (sulfide) groups is 1. The van der Waals surface area contributed by atoms with E-state index in [1.165, 1.54) is 16.4 Å². The molecule has 0 aliphatic heterocycles. The van der Waals surface area contributed by atoms with Gasteiger partial charge in [0.15, 0.2) is 5.57 Å². The second-order valence-corrected chi connectivity index (χ2v) is 5.51. The molecule has 23 heavy (non-hydrogen) atoms. The lowest BCUT2D eigenvalue weighted by molar-refractivity contribution is 0.630. The van der Waals surface area contributed by atoms with Gasteiger partial charge in [-0.05, 0) is 25.3 Å². The van der Waals surface area contributed by atoms with Gasteiger partial charge in [0.2, 0.25) is 0 Å². The number of nitriles is 2. The molecule has 0 spiro atoms. The van der Waals surface area contributed by atoms with E-state index in [-0.39, 0.29) is 11.1 Å². The third kappa shape index (κ3) is 3.01. The normalized spacial score (nSPS) is 9.78. The monoisotopic (exact) mass is 325 g/mol. The molecule has 6 nitrogen and oxygen atoms in total. The lowest BCUT2D eigenvalue weighted by atomic mass is 10.3. The summed E-state index contributed by atoms with van der Waals surface area (Å²) in [5.74, 6) is 0. The number of hydrogen-bond donors (Lipinski definition) is 1. The molecule has 2 aromatic rings. The first-order valence-corrected chi connectivity index (χ1v) is 7.97. The highest BCUT2D eigenvalue weighted by Crippen LogP contribution is 2.21. The Morgan fingerprint density at radius 3 is 2.35 bits per heavy atom. The first-order chi connectivity index (χ1) is 11.0. The Labute approximate surface area is 138 Å². The topological polar surface area (TPSA) is 86.5 Å². The number of allylic oxidation sites excluding steroid dienone is 1. The largest absolute Gasteiger partial charge is 0.343 e. The summed E-state index contributed by atoms with van der Waals surface area (Å²) in [5, 5.41) is 21.3.